The van der Waals surface area contributed by atoms with Gasteiger partial charge in [-0.3, -0.25) is 4.79 Å². The predicted octanol–water partition coefficient (Wildman–Crippen LogP) is 1.32. The van der Waals surface area contributed by atoms with Gasteiger partial charge in [0.2, 0.25) is 5.91 Å². The molecule has 0 aliphatic heterocycles. The normalized spacial score (nSPS) is 22.2. The summed E-state index contributed by atoms with van der Waals surface area (Å²) in [5.74, 6) is -0.0392. The second-order valence-corrected chi connectivity index (χ2v) is 4.83. The summed E-state index contributed by atoms with van der Waals surface area (Å²) in [7, 11) is 0. The zero-order valence-electron chi connectivity index (χ0n) is 11.7. The minimum Gasteiger partial charge on any atom is -0.460 e. The topological polar surface area (TPSA) is 73.3 Å². The van der Waals surface area contributed by atoms with Crippen LogP contribution in [0.15, 0.2) is 18.5 Å². The van der Waals surface area contributed by atoms with E-state index in [4.69, 9.17) is 9.47 Å². The van der Waals surface area contributed by atoms with Crippen LogP contribution >= 0.6 is 0 Å². The molecule has 0 radical (unpaired) electrons. The van der Waals surface area contributed by atoms with Gasteiger partial charge in [0.25, 0.3) is 0 Å². The molecule has 1 aromatic heterocycles. The van der Waals surface area contributed by atoms with Crippen molar-refractivity contribution >= 4 is 5.91 Å². The van der Waals surface area contributed by atoms with Crippen molar-refractivity contribution in [3.8, 4) is 6.01 Å². The lowest BCUT2D eigenvalue weighted by Gasteiger charge is -2.28. The van der Waals surface area contributed by atoms with E-state index in [-0.39, 0.29) is 24.7 Å². The van der Waals surface area contributed by atoms with Crippen LogP contribution in [-0.4, -0.2) is 41.2 Å². The van der Waals surface area contributed by atoms with Crippen LogP contribution in [0.5, 0.6) is 6.01 Å². The third kappa shape index (κ3) is 4.77. The van der Waals surface area contributed by atoms with Crippen LogP contribution < -0.4 is 10.1 Å². The molecule has 0 saturated heterocycles. The van der Waals surface area contributed by atoms with Crippen molar-refractivity contribution < 1.29 is 14.3 Å². The quantitative estimate of drug-likeness (QED) is 0.850. The Hall–Kier alpha value is -1.69. The lowest BCUT2D eigenvalue weighted by Crippen LogP contribution is -2.41. The van der Waals surface area contributed by atoms with E-state index in [0.29, 0.717) is 12.6 Å². The monoisotopic (exact) mass is 279 g/mol. The Bertz CT molecular complexity index is 405. The second kappa shape index (κ2) is 7.79. The van der Waals surface area contributed by atoms with Crippen LogP contribution in [0, 0.1) is 0 Å². The summed E-state index contributed by atoms with van der Waals surface area (Å²) in [6, 6.07) is 2.41. The molecule has 0 aromatic carbocycles. The van der Waals surface area contributed by atoms with Crippen LogP contribution in [-0.2, 0) is 9.53 Å². The predicted molar refractivity (Wildman–Crippen MR) is 73.3 cm³/mol. The average molecular weight is 279 g/mol. The number of ether oxygens (including phenoxy) is 2. The maximum atomic E-state index is 11.6. The fraction of sp³-hybridized carbons (Fsp3) is 0.643. The van der Waals surface area contributed by atoms with Crippen LogP contribution in [0.1, 0.15) is 32.6 Å². The first-order valence-corrected chi connectivity index (χ1v) is 7.08. The highest BCUT2D eigenvalue weighted by molar-refractivity contribution is 5.77. The summed E-state index contributed by atoms with van der Waals surface area (Å²) < 4.78 is 10.8. The van der Waals surface area contributed by atoms with Crippen LogP contribution in [0.4, 0.5) is 0 Å². The molecule has 0 unspecified atom stereocenters. The highest BCUT2D eigenvalue weighted by Gasteiger charge is 2.24. The number of carbonyl (C=O) groups excluding carboxylic acids is 1. The zero-order valence-corrected chi connectivity index (χ0v) is 11.7. The molecule has 1 heterocycles. The highest BCUT2D eigenvalue weighted by Crippen LogP contribution is 2.21. The molecular formula is C14H21N3O3. The van der Waals surface area contributed by atoms with Crippen molar-refractivity contribution in [3.63, 3.8) is 0 Å². The Morgan fingerprint density at radius 1 is 1.30 bits per heavy atom. The van der Waals surface area contributed by atoms with Crippen LogP contribution in [0.3, 0.4) is 0 Å². The molecule has 1 aliphatic carbocycles. The number of hydrogen-bond acceptors (Lipinski definition) is 5. The molecular weight excluding hydrogens is 258 g/mol. The first kappa shape index (κ1) is 14.7. The maximum Gasteiger partial charge on any atom is 0.316 e. The number of hydrogen-bond donors (Lipinski definition) is 1. The smallest absolute Gasteiger partial charge is 0.316 e. The molecule has 110 valence electrons. The molecule has 1 aliphatic rings. The summed E-state index contributed by atoms with van der Waals surface area (Å²) in [5, 5.41) is 2.99. The lowest BCUT2D eigenvalue weighted by molar-refractivity contribution is -0.126. The number of nitrogens with zero attached hydrogens (tertiary/aromatic N) is 2. The molecule has 1 saturated carbocycles. The molecule has 0 spiro atoms. The van der Waals surface area contributed by atoms with Gasteiger partial charge in [-0.25, -0.2) is 9.97 Å². The lowest BCUT2D eigenvalue weighted by atomic mass is 9.93. The van der Waals surface area contributed by atoms with Gasteiger partial charge in [0.15, 0.2) is 0 Å². The molecule has 2 rings (SSSR count). The third-order valence-electron chi connectivity index (χ3n) is 3.29. The van der Waals surface area contributed by atoms with Gasteiger partial charge in [-0.05, 0) is 38.7 Å². The SMILES string of the molecule is CCOCC(=O)NC1CCC(Oc2ncccn2)CC1. The molecule has 1 aromatic rings. The number of carbonyl (C=O) groups is 1. The molecule has 1 fully saturated rings. The Morgan fingerprint density at radius 3 is 2.65 bits per heavy atom. The van der Waals surface area contributed by atoms with Gasteiger partial charge in [0.05, 0.1) is 0 Å². The summed E-state index contributed by atoms with van der Waals surface area (Å²) in [6.45, 7) is 2.58. The van der Waals surface area contributed by atoms with Gasteiger partial charge < -0.3 is 14.8 Å². The molecule has 20 heavy (non-hydrogen) atoms. The number of rotatable bonds is 6. The van der Waals surface area contributed by atoms with Crippen molar-refractivity contribution in [2.24, 2.45) is 0 Å². The van der Waals surface area contributed by atoms with E-state index < -0.39 is 0 Å². The van der Waals surface area contributed by atoms with Gasteiger partial charge in [-0.1, -0.05) is 0 Å². The van der Waals surface area contributed by atoms with E-state index in [1.165, 1.54) is 0 Å². The summed E-state index contributed by atoms with van der Waals surface area (Å²) >= 11 is 0. The fourth-order valence-corrected chi connectivity index (χ4v) is 2.28. The molecule has 0 bridgehead atoms. The fourth-order valence-electron chi connectivity index (χ4n) is 2.28. The molecule has 0 atom stereocenters. The Labute approximate surface area is 118 Å². The molecule has 1 N–H and O–H groups in total. The number of aromatic nitrogens is 2. The van der Waals surface area contributed by atoms with E-state index in [0.717, 1.165) is 25.7 Å². The van der Waals surface area contributed by atoms with E-state index in [9.17, 15) is 4.79 Å². The van der Waals surface area contributed by atoms with Crippen molar-refractivity contribution in [2.75, 3.05) is 13.2 Å². The summed E-state index contributed by atoms with van der Waals surface area (Å²) in [5.41, 5.74) is 0. The van der Waals surface area contributed by atoms with Crippen LogP contribution in [0.2, 0.25) is 0 Å². The van der Waals surface area contributed by atoms with Crippen molar-refractivity contribution in [1.29, 1.82) is 0 Å². The largest absolute Gasteiger partial charge is 0.460 e. The van der Waals surface area contributed by atoms with E-state index in [1.54, 1.807) is 18.5 Å². The first-order chi connectivity index (χ1) is 9.78. The minimum absolute atomic E-state index is 0.0392. The number of amides is 1. The first-order valence-electron chi connectivity index (χ1n) is 7.08. The Morgan fingerprint density at radius 2 is 2.00 bits per heavy atom. The van der Waals surface area contributed by atoms with E-state index in [1.807, 2.05) is 6.92 Å². The Balaban J connectivity index is 1.68. The zero-order chi connectivity index (χ0) is 14.2. The van der Waals surface area contributed by atoms with Crippen molar-refractivity contribution in [3.05, 3.63) is 18.5 Å². The molecule has 1 amide bonds. The van der Waals surface area contributed by atoms with Gasteiger partial charge in [-0.15, -0.1) is 0 Å². The van der Waals surface area contributed by atoms with Gasteiger partial charge in [-0.2, -0.15) is 0 Å². The summed E-state index contributed by atoms with van der Waals surface area (Å²) in [6.07, 6.45) is 7.10. The van der Waals surface area contributed by atoms with Crippen LogP contribution in [0.25, 0.3) is 0 Å². The minimum atomic E-state index is -0.0392. The van der Waals surface area contributed by atoms with E-state index >= 15 is 0 Å². The standard InChI is InChI=1S/C14H21N3O3/c1-2-19-10-13(18)17-11-4-6-12(7-5-11)20-14-15-8-3-9-16-14/h3,8-9,11-12H,2,4-7,10H2,1H3,(H,17,18). The van der Waals surface area contributed by atoms with Crippen molar-refractivity contribution in [2.45, 2.75) is 44.8 Å². The summed E-state index contributed by atoms with van der Waals surface area (Å²) in [4.78, 5) is 19.7. The van der Waals surface area contributed by atoms with Gasteiger partial charge in [0, 0.05) is 25.0 Å². The van der Waals surface area contributed by atoms with Gasteiger partial charge >= 0.3 is 6.01 Å². The highest BCUT2D eigenvalue weighted by atomic mass is 16.5. The molecule has 6 nitrogen and oxygen atoms in total. The average Bonchev–Trinajstić information content (AvgIpc) is 2.48. The maximum absolute atomic E-state index is 11.6. The Kier molecular flexibility index (Phi) is 5.73. The van der Waals surface area contributed by atoms with E-state index in [2.05, 4.69) is 15.3 Å². The van der Waals surface area contributed by atoms with Crippen molar-refractivity contribution in [1.82, 2.24) is 15.3 Å². The molecule has 6 heteroatoms. The number of nitrogens with one attached hydrogen (secondary N) is 1. The second-order valence-electron chi connectivity index (χ2n) is 4.83. The third-order valence-corrected chi connectivity index (χ3v) is 3.29. The van der Waals surface area contributed by atoms with Gasteiger partial charge in [0.1, 0.15) is 12.7 Å².